The number of aromatic amines is 1. The van der Waals surface area contributed by atoms with E-state index in [0.29, 0.717) is 27.8 Å². The third kappa shape index (κ3) is 4.21. The Bertz CT molecular complexity index is 1490. The van der Waals surface area contributed by atoms with Crippen LogP contribution in [-0.2, 0) is 4.79 Å². The smallest absolute Gasteiger partial charge is 0.255 e. The van der Waals surface area contributed by atoms with Crippen LogP contribution in [0.1, 0.15) is 22.0 Å². The van der Waals surface area contributed by atoms with Gasteiger partial charge in [0.2, 0.25) is 0 Å². The van der Waals surface area contributed by atoms with Gasteiger partial charge in [0, 0.05) is 21.2 Å². The second kappa shape index (κ2) is 8.97. The molecule has 2 aromatic heterocycles. The molecule has 0 fully saturated rings. The highest BCUT2D eigenvalue weighted by molar-refractivity contribution is 7.17. The molecule has 34 heavy (non-hydrogen) atoms. The van der Waals surface area contributed by atoms with E-state index >= 15 is 0 Å². The number of aromatic nitrogens is 2. The summed E-state index contributed by atoms with van der Waals surface area (Å²) in [7, 11) is 0. The number of imidazole rings is 1. The van der Waals surface area contributed by atoms with Gasteiger partial charge in [-0.15, -0.1) is 11.3 Å². The number of thiophene rings is 1. The number of fused-ring (bicyclic) bond motifs is 2. The largest absolute Gasteiger partial charge is 0.381 e. The van der Waals surface area contributed by atoms with Crippen LogP contribution in [0.25, 0.3) is 21.1 Å². The van der Waals surface area contributed by atoms with Crippen molar-refractivity contribution in [3.63, 3.8) is 0 Å². The summed E-state index contributed by atoms with van der Waals surface area (Å²) in [6.45, 7) is 0. The molecule has 0 saturated carbocycles. The Hall–Kier alpha value is -4.21. The van der Waals surface area contributed by atoms with Crippen LogP contribution in [0, 0.1) is 0 Å². The number of hydrogen-bond donors (Lipinski definition) is 5. The highest BCUT2D eigenvalue weighted by Crippen LogP contribution is 2.27. The summed E-state index contributed by atoms with van der Waals surface area (Å²) in [5.74, 6) is -0.755. The number of amides is 2. The summed E-state index contributed by atoms with van der Waals surface area (Å²) < 4.78 is 0.983. The van der Waals surface area contributed by atoms with Gasteiger partial charge in [0.05, 0.1) is 22.6 Å². The fraction of sp³-hybridized carbons (Fsp3) is 0.0800. The molecule has 2 amide bonds. The molecule has 5 rings (SSSR count). The SMILES string of the molecule is Nc1nc2ccc(NC(=O)C(O)C(NC(=O)c3csc4ccccc34)c3ccccc3)cc2[nH]1. The van der Waals surface area contributed by atoms with Gasteiger partial charge in [-0.25, -0.2) is 4.98 Å². The number of nitrogens with one attached hydrogen (secondary N) is 3. The molecule has 2 atom stereocenters. The Morgan fingerprint density at radius 1 is 1.03 bits per heavy atom. The van der Waals surface area contributed by atoms with Gasteiger partial charge in [-0.05, 0) is 29.8 Å². The molecule has 0 bridgehead atoms. The van der Waals surface area contributed by atoms with Crippen molar-refractivity contribution in [1.29, 1.82) is 0 Å². The number of nitrogens with zero attached hydrogens (tertiary/aromatic N) is 1. The number of H-pyrrole nitrogens is 1. The summed E-state index contributed by atoms with van der Waals surface area (Å²) in [6.07, 6.45) is -1.54. The number of aliphatic hydroxyl groups excluding tert-OH is 1. The van der Waals surface area contributed by atoms with Gasteiger partial charge in [-0.3, -0.25) is 9.59 Å². The molecule has 0 aliphatic carbocycles. The molecular formula is C25H21N5O3S. The topological polar surface area (TPSA) is 133 Å². The molecular weight excluding hydrogens is 450 g/mol. The molecule has 8 nitrogen and oxygen atoms in total. The molecule has 6 N–H and O–H groups in total. The fourth-order valence-corrected chi connectivity index (χ4v) is 4.79. The Labute approximate surface area is 198 Å². The van der Waals surface area contributed by atoms with Crippen LogP contribution in [0.2, 0.25) is 0 Å². The highest BCUT2D eigenvalue weighted by Gasteiger charge is 2.30. The van der Waals surface area contributed by atoms with E-state index in [9.17, 15) is 14.7 Å². The van der Waals surface area contributed by atoms with Crippen molar-refractivity contribution in [1.82, 2.24) is 15.3 Å². The van der Waals surface area contributed by atoms with Crippen LogP contribution in [0.15, 0.2) is 78.2 Å². The van der Waals surface area contributed by atoms with E-state index in [0.717, 1.165) is 10.1 Å². The maximum absolute atomic E-state index is 13.2. The minimum absolute atomic E-state index is 0.270. The lowest BCUT2D eigenvalue weighted by Gasteiger charge is -2.24. The second-order valence-corrected chi connectivity index (χ2v) is 8.71. The van der Waals surface area contributed by atoms with Gasteiger partial charge in [0.15, 0.2) is 12.1 Å². The maximum Gasteiger partial charge on any atom is 0.255 e. The normalized spacial score (nSPS) is 13.0. The predicted molar refractivity (Wildman–Crippen MR) is 134 cm³/mol. The molecule has 3 aromatic carbocycles. The molecule has 0 aliphatic heterocycles. The van der Waals surface area contributed by atoms with Crippen molar-refractivity contribution in [2.45, 2.75) is 12.1 Å². The van der Waals surface area contributed by atoms with Crippen LogP contribution >= 0.6 is 11.3 Å². The number of rotatable bonds is 6. The first-order valence-electron chi connectivity index (χ1n) is 10.6. The van der Waals surface area contributed by atoms with E-state index in [2.05, 4.69) is 20.6 Å². The average Bonchev–Trinajstić information content (AvgIpc) is 3.45. The molecule has 9 heteroatoms. The summed E-state index contributed by atoms with van der Waals surface area (Å²) in [6, 6.07) is 20.6. The fourth-order valence-electron chi connectivity index (χ4n) is 3.85. The second-order valence-electron chi connectivity index (χ2n) is 7.80. The molecule has 170 valence electrons. The molecule has 2 heterocycles. The number of nitrogen functional groups attached to an aromatic ring is 1. The summed E-state index contributed by atoms with van der Waals surface area (Å²) in [5, 5.41) is 19.2. The molecule has 0 radical (unpaired) electrons. The standard InChI is InChI=1S/C25H21N5O3S/c26-25-28-18-11-10-15(12-19(18)29-25)27-24(33)22(31)21(14-6-2-1-3-7-14)30-23(32)17-13-34-20-9-5-4-8-16(17)20/h1-13,21-22,31H,(H,27,33)(H,30,32)(H3,26,28,29). The Morgan fingerprint density at radius 3 is 2.62 bits per heavy atom. The van der Waals surface area contributed by atoms with Crippen LogP contribution in [0.5, 0.6) is 0 Å². The van der Waals surface area contributed by atoms with Gasteiger partial charge in [-0.1, -0.05) is 48.5 Å². The van der Waals surface area contributed by atoms with Gasteiger partial charge < -0.3 is 26.5 Å². The van der Waals surface area contributed by atoms with Crippen molar-refractivity contribution >= 4 is 55.9 Å². The minimum Gasteiger partial charge on any atom is -0.381 e. The first-order chi connectivity index (χ1) is 16.5. The van der Waals surface area contributed by atoms with E-state index in [1.807, 2.05) is 30.3 Å². The van der Waals surface area contributed by atoms with E-state index in [4.69, 9.17) is 5.73 Å². The Kier molecular flexibility index (Phi) is 5.70. The number of benzene rings is 3. The van der Waals surface area contributed by atoms with Gasteiger partial charge in [0.1, 0.15) is 0 Å². The lowest BCUT2D eigenvalue weighted by Crippen LogP contribution is -2.42. The Morgan fingerprint density at radius 2 is 1.79 bits per heavy atom. The number of carbonyl (C=O) groups is 2. The zero-order valence-electron chi connectivity index (χ0n) is 17.9. The number of carbonyl (C=O) groups excluding carboxylic acids is 2. The minimum atomic E-state index is -1.54. The number of aliphatic hydroxyl groups is 1. The predicted octanol–water partition coefficient (Wildman–Crippen LogP) is 3.83. The van der Waals surface area contributed by atoms with E-state index in [-0.39, 0.29) is 11.9 Å². The molecule has 0 aliphatic rings. The zero-order chi connectivity index (χ0) is 23.7. The monoisotopic (exact) mass is 471 g/mol. The molecule has 5 aromatic rings. The number of anilines is 2. The highest BCUT2D eigenvalue weighted by atomic mass is 32.1. The van der Waals surface area contributed by atoms with Crippen molar-refractivity contribution in [3.05, 3.63) is 89.3 Å². The quantitative estimate of drug-likeness (QED) is 0.257. The van der Waals surface area contributed by atoms with Crippen LogP contribution in [0.4, 0.5) is 11.6 Å². The van der Waals surface area contributed by atoms with Crippen LogP contribution in [0.3, 0.4) is 0 Å². The lowest BCUT2D eigenvalue weighted by atomic mass is 10.00. The molecule has 0 saturated heterocycles. The summed E-state index contributed by atoms with van der Waals surface area (Å²) >= 11 is 1.46. The Balaban J connectivity index is 1.40. The molecule has 0 spiro atoms. The van der Waals surface area contributed by atoms with E-state index < -0.39 is 18.1 Å². The van der Waals surface area contributed by atoms with Crippen molar-refractivity contribution < 1.29 is 14.7 Å². The van der Waals surface area contributed by atoms with E-state index in [1.165, 1.54) is 11.3 Å². The number of nitrogens with two attached hydrogens (primary N) is 1. The van der Waals surface area contributed by atoms with E-state index in [1.54, 1.807) is 47.8 Å². The van der Waals surface area contributed by atoms with Crippen molar-refractivity contribution in [2.75, 3.05) is 11.1 Å². The third-order valence-corrected chi connectivity index (χ3v) is 6.49. The average molecular weight is 472 g/mol. The van der Waals surface area contributed by atoms with Gasteiger partial charge in [-0.2, -0.15) is 0 Å². The first-order valence-corrected chi connectivity index (χ1v) is 11.4. The molecule has 2 unspecified atom stereocenters. The number of hydrogen-bond acceptors (Lipinski definition) is 6. The maximum atomic E-state index is 13.2. The van der Waals surface area contributed by atoms with Gasteiger partial charge >= 0.3 is 0 Å². The third-order valence-electron chi connectivity index (χ3n) is 5.52. The van der Waals surface area contributed by atoms with Crippen molar-refractivity contribution in [3.8, 4) is 0 Å². The van der Waals surface area contributed by atoms with Crippen LogP contribution < -0.4 is 16.4 Å². The van der Waals surface area contributed by atoms with Gasteiger partial charge in [0.25, 0.3) is 11.8 Å². The van der Waals surface area contributed by atoms with Crippen molar-refractivity contribution in [2.24, 2.45) is 0 Å². The lowest BCUT2D eigenvalue weighted by molar-refractivity contribution is -0.125. The van der Waals surface area contributed by atoms with Crippen LogP contribution in [-0.4, -0.2) is 33.0 Å². The summed E-state index contributed by atoms with van der Waals surface area (Å²) in [4.78, 5) is 33.2. The zero-order valence-corrected chi connectivity index (χ0v) is 18.7. The summed E-state index contributed by atoms with van der Waals surface area (Å²) in [5.41, 5.74) is 8.56. The first kappa shape index (κ1) is 21.6.